The first kappa shape index (κ1) is 14.3. The molecule has 1 heterocycles. The van der Waals surface area contributed by atoms with Crippen LogP contribution in [0.2, 0.25) is 0 Å². The van der Waals surface area contributed by atoms with E-state index >= 15 is 0 Å². The number of nitrogens with zero attached hydrogens (tertiary/aromatic N) is 1. The smallest absolute Gasteiger partial charge is 0.0797 e. The molecule has 1 aliphatic heterocycles. The molecule has 0 aromatic rings. The van der Waals surface area contributed by atoms with Gasteiger partial charge in [0, 0.05) is 13.1 Å². The molecule has 3 nitrogen and oxygen atoms in total. The van der Waals surface area contributed by atoms with Gasteiger partial charge < -0.3 is 15.7 Å². The minimum Gasteiger partial charge on any atom is -0.388 e. The van der Waals surface area contributed by atoms with Crippen molar-refractivity contribution in [3.8, 4) is 0 Å². The Kier molecular flexibility index (Phi) is 5.05. The third-order valence-electron chi connectivity index (χ3n) is 5.14. The maximum atomic E-state index is 10.4. The molecule has 2 aliphatic rings. The highest BCUT2D eigenvalue weighted by atomic mass is 16.3. The van der Waals surface area contributed by atoms with E-state index < -0.39 is 5.60 Å². The Balaban J connectivity index is 1.72. The molecular formula is C15H30N2O. The fourth-order valence-electron chi connectivity index (χ4n) is 3.91. The number of hydrogen-bond acceptors (Lipinski definition) is 3. The van der Waals surface area contributed by atoms with Crippen LogP contribution in [0.25, 0.3) is 0 Å². The predicted molar refractivity (Wildman–Crippen MR) is 75.4 cm³/mol. The Labute approximate surface area is 112 Å². The molecule has 0 radical (unpaired) electrons. The summed E-state index contributed by atoms with van der Waals surface area (Å²) in [5, 5.41) is 10.4. The monoisotopic (exact) mass is 254 g/mol. The molecular weight excluding hydrogens is 224 g/mol. The second kappa shape index (κ2) is 6.36. The number of aliphatic hydroxyl groups is 1. The van der Waals surface area contributed by atoms with E-state index in [1.807, 2.05) is 0 Å². The third kappa shape index (κ3) is 3.25. The van der Waals surface area contributed by atoms with Gasteiger partial charge in [0.2, 0.25) is 0 Å². The summed E-state index contributed by atoms with van der Waals surface area (Å²) < 4.78 is 0. The molecule has 3 atom stereocenters. The van der Waals surface area contributed by atoms with Crippen molar-refractivity contribution in [3.63, 3.8) is 0 Å². The molecule has 0 spiro atoms. The molecule has 1 saturated carbocycles. The van der Waals surface area contributed by atoms with Crippen LogP contribution in [0.1, 0.15) is 51.9 Å². The number of nitrogens with two attached hydrogens (primary N) is 1. The Morgan fingerprint density at radius 1 is 1.33 bits per heavy atom. The molecule has 1 aliphatic carbocycles. The highest BCUT2D eigenvalue weighted by Gasteiger charge is 2.39. The number of hydrogen-bond donors (Lipinski definition) is 2. The van der Waals surface area contributed by atoms with E-state index in [4.69, 9.17) is 5.73 Å². The molecule has 3 unspecified atom stereocenters. The first-order valence-corrected chi connectivity index (χ1v) is 7.82. The van der Waals surface area contributed by atoms with Gasteiger partial charge in [-0.2, -0.15) is 0 Å². The third-order valence-corrected chi connectivity index (χ3v) is 5.14. The van der Waals surface area contributed by atoms with Gasteiger partial charge in [0.05, 0.1) is 5.60 Å². The van der Waals surface area contributed by atoms with Gasteiger partial charge in [-0.25, -0.2) is 0 Å². The van der Waals surface area contributed by atoms with Crippen LogP contribution in [0.3, 0.4) is 0 Å². The van der Waals surface area contributed by atoms with Gasteiger partial charge in [0.15, 0.2) is 0 Å². The summed E-state index contributed by atoms with van der Waals surface area (Å²) in [6.45, 7) is 6.42. The van der Waals surface area contributed by atoms with Gasteiger partial charge in [-0.15, -0.1) is 0 Å². The second-order valence-electron chi connectivity index (χ2n) is 6.43. The van der Waals surface area contributed by atoms with Crippen LogP contribution in [-0.2, 0) is 0 Å². The molecule has 1 saturated heterocycles. The molecule has 106 valence electrons. The summed E-state index contributed by atoms with van der Waals surface area (Å²) in [6.07, 6.45) is 8.43. The molecule has 2 rings (SSSR count). The average Bonchev–Trinajstić information content (AvgIpc) is 2.95. The van der Waals surface area contributed by atoms with Gasteiger partial charge in [-0.05, 0) is 57.0 Å². The summed E-state index contributed by atoms with van der Waals surface area (Å²) in [4.78, 5) is 2.59. The maximum absolute atomic E-state index is 10.4. The fraction of sp³-hybridized carbons (Fsp3) is 1.00. The van der Waals surface area contributed by atoms with Crippen LogP contribution >= 0.6 is 0 Å². The van der Waals surface area contributed by atoms with Crippen molar-refractivity contribution in [2.45, 2.75) is 57.5 Å². The van der Waals surface area contributed by atoms with Gasteiger partial charge in [-0.1, -0.05) is 19.8 Å². The Hall–Kier alpha value is -0.120. The van der Waals surface area contributed by atoms with Crippen molar-refractivity contribution >= 4 is 0 Å². The normalized spacial score (nSPS) is 37.5. The molecule has 0 bridgehead atoms. The largest absolute Gasteiger partial charge is 0.388 e. The first-order valence-electron chi connectivity index (χ1n) is 7.82. The highest BCUT2D eigenvalue weighted by Crippen LogP contribution is 2.37. The van der Waals surface area contributed by atoms with E-state index in [-0.39, 0.29) is 0 Å². The zero-order valence-electron chi connectivity index (χ0n) is 11.9. The summed E-state index contributed by atoms with van der Waals surface area (Å²) in [7, 11) is 0. The van der Waals surface area contributed by atoms with E-state index in [1.54, 1.807) is 0 Å². The van der Waals surface area contributed by atoms with Crippen LogP contribution < -0.4 is 5.73 Å². The van der Waals surface area contributed by atoms with Crippen molar-refractivity contribution in [2.24, 2.45) is 17.6 Å². The molecule has 3 heteroatoms. The molecule has 0 aromatic carbocycles. The minimum atomic E-state index is -0.553. The predicted octanol–water partition coefficient (Wildman–Crippen LogP) is 1.99. The standard InChI is InChI=1S/C15H30N2O/c1-2-4-13-6-9-17(11-13)10-7-14-5-3-8-15(14,18)12-16/h13-14,18H,2-12,16H2,1H3. The lowest BCUT2D eigenvalue weighted by Crippen LogP contribution is -2.42. The van der Waals surface area contributed by atoms with Crippen molar-refractivity contribution in [2.75, 3.05) is 26.2 Å². The second-order valence-corrected chi connectivity index (χ2v) is 6.43. The molecule has 0 aromatic heterocycles. The summed E-state index contributed by atoms with van der Waals surface area (Å²) >= 11 is 0. The topological polar surface area (TPSA) is 49.5 Å². The molecule has 3 N–H and O–H groups in total. The lowest BCUT2D eigenvalue weighted by atomic mass is 9.88. The first-order chi connectivity index (χ1) is 8.68. The zero-order valence-corrected chi connectivity index (χ0v) is 11.9. The fourth-order valence-corrected chi connectivity index (χ4v) is 3.91. The SMILES string of the molecule is CCCC1CCN(CCC2CCCC2(O)CN)C1. The van der Waals surface area contributed by atoms with Crippen molar-refractivity contribution in [1.82, 2.24) is 4.90 Å². The van der Waals surface area contributed by atoms with Gasteiger partial charge in [0.25, 0.3) is 0 Å². The van der Waals surface area contributed by atoms with Gasteiger partial charge in [0.1, 0.15) is 0 Å². The van der Waals surface area contributed by atoms with Crippen LogP contribution in [0, 0.1) is 11.8 Å². The van der Waals surface area contributed by atoms with E-state index in [2.05, 4.69) is 11.8 Å². The Morgan fingerprint density at radius 2 is 2.17 bits per heavy atom. The van der Waals surface area contributed by atoms with Crippen molar-refractivity contribution < 1.29 is 5.11 Å². The molecule has 2 fully saturated rings. The summed E-state index contributed by atoms with van der Waals surface area (Å²) in [6, 6.07) is 0. The van der Waals surface area contributed by atoms with Crippen LogP contribution in [0.15, 0.2) is 0 Å². The van der Waals surface area contributed by atoms with E-state index in [1.165, 1.54) is 38.8 Å². The van der Waals surface area contributed by atoms with Crippen molar-refractivity contribution in [3.05, 3.63) is 0 Å². The van der Waals surface area contributed by atoms with E-state index in [0.717, 1.165) is 31.7 Å². The quantitative estimate of drug-likeness (QED) is 0.762. The minimum absolute atomic E-state index is 0.438. The summed E-state index contributed by atoms with van der Waals surface area (Å²) in [5.41, 5.74) is 5.19. The maximum Gasteiger partial charge on any atom is 0.0797 e. The Morgan fingerprint density at radius 3 is 2.89 bits per heavy atom. The lowest BCUT2D eigenvalue weighted by Gasteiger charge is -2.30. The van der Waals surface area contributed by atoms with Crippen molar-refractivity contribution in [1.29, 1.82) is 0 Å². The Bertz CT molecular complexity index is 259. The van der Waals surface area contributed by atoms with Crippen LogP contribution in [0.5, 0.6) is 0 Å². The molecule has 18 heavy (non-hydrogen) atoms. The highest BCUT2D eigenvalue weighted by molar-refractivity contribution is 4.93. The molecule has 0 amide bonds. The number of likely N-dealkylation sites (tertiary alicyclic amines) is 1. The average molecular weight is 254 g/mol. The van der Waals surface area contributed by atoms with Gasteiger partial charge >= 0.3 is 0 Å². The van der Waals surface area contributed by atoms with Crippen LogP contribution in [0.4, 0.5) is 0 Å². The van der Waals surface area contributed by atoms with Gasteiger partial charge in [-0.3, -0.25) is 0 Å². The van der Waals surface area contributed by atoms with E-state index in [0.29, 0.717) is 12.5 Å². The van der Waals surface area contributed by atoms with E-state index in [9.17, 15) is 5.11 Å². The number of rotatable bonds is 6. The van der Waals surface area contributed by atoms with Crippen LogP contribution in [-0.4, -0.2) is 41.8 Å². The zero-order chi connectivity index (χ0) is 13.0. The lowest BCUT2D eigenvalue weighted by molar-refractivity contribution is 0.00517. The summed E-state index contributed by atoms with van der Waals surface area (Å²) in [5.74, 6) is 1.36.